The van der Waals surface area contributed by atoms with E-state index in [1.54, 1.807) is 0 Å². The molecule has 3 aromatic rings. The first-order valence-corrected chi connectivity index (χ1v) is 8.65. The van der Waals surface area contributed by atoms with Crippen LogP contribution < -0.4 is 10.6 Å². The van der Waals surface area contributed by atoms with Crippen LogP contribution in [-0.2, 0) is 17.9 Å². The molecule has 0 fully saturated rings. The van der Waals surface area contributed by atoms with Gasteiger partial charge in [0.05, 0.1) is 17.4 Å². The molecule has 0 aliphatic heterocycles. The fourth-order valence-electron chi connectivity index (χ4n) is 2.81. The largest absolute Gasteiger partial charge is 0.352 e. The Labute approximate surface area is 148 Å². The number of hydrogen-bond acceptors (Lipinski definition) is 3. The topological polar surface area (TPSA) is 59.0 Å². The second kappa shape index (κ2) is 8.44. The molecule has 5 heteroatoms. The van der Waals surface area contributed by atoms with Crippen molar-refractivity contribution >= 4 is 16.9 Å². The molecule has 0 spiro atoms. The molecule has 0 atom stereocenters. The Balaban J connectivity index is 1.54. The number of carbonyl (C=O) groups is 1. The van der Waals surface area contributed by atoms with Gasteiger partial charge in [-0.2, -0.15) is 0 Å². The van der Waals surface area contributed by atoms with Crippen LogP contribution in [-0.4, -0.2) is 29.1 Å². The first kappa shape index (κ1) is 17.2. The lowest BCUT2D eigenvalue weighted by Crippen LogP contribution is -2.23. The molecule has 5 nitrogen and oxygen atoms in total. The van der Waals surface area contributed by atoms with Crippen molar-refractivity contribution in [3.8, 4) is 0 Å². The third-order valence-electron chi connectivity index (χ3n) is 4.22. The summed E-state index contributed by atoms with van der Waals surface area (Å²) in [5.41, 5.74) is 4.48. The second-order valence-corrected chi connectivity index (χ2v) is 6.16. The molecule has 0 aliphatic carbocycles. The van der Waals surface area contributed by atoms with Gasteiger partial charge in [-0.05, 0) is 43.3 Å². The van der Waals surface area contributed by atoms with Crippen LogP contribution in [0.2, 0.25) is 0 Å². The highest BCUT2D eigenvalue weighted by molar-refractivity contribution is 5.76. The zero-order chi connectivity index (χ0) is 17.5. The van der Waals surface area contributed by atoms with Crippen LogP contribution in [0, 0.1) is 0 Å². The summed E-state index contributed by atoms with van der Waals surface area (Å²) in [6, 6.07) is 16.5. The minimum absolute atomic E-state index is 0.101. The highest BCUT2D eigenvalue weighted by Gasteiger charge is 2.04. The van der Waals surface area contributed by atoms with Crippen LogP contribution in [0.3, 0.4) is 0 Å². The Morgan fingerprint density at radius 2 is 1.84 bits per heavy atom. The van der Waals surface area contributed by atoms with Crippen molar-refractivity contribution in [1.82, 2.24) is 20.2 Å². The summed E-state index contributed by atoms with van der Waals surface area (Å²) in [5, 5.41) is 6.01. The van der Waals surface area contributed by atoms with Crippen molar-refractivity contribution in [2.45, 2.75) is 25.9 Å². The van der Waals surface area contributed by atoms with E-state index in [0.717, 1.165) is 36.1 Å². The minimum atomic E-state index is 0.101. The van der Waals surface area contributed by atoms with Gasteiger partial charge in [-0.15, -0.1) is 0 Å². The van der Waals surface area contributed by atoms with Crippen LogP contribution in [0.15, 0.2) is 54.9 Å². The van der Waals surface area contributed by atoms with Crippen molar-refractivity contribution in [3.05, 3.63) is 66.0 Å². The van der Waals surface area contributed by atoms with Crippen molar-refractivity contribution in [2.75, 3.05) is 13.6 Å². The summed E-state index contributed by atoms with van der Waals surface area (Å²) < 4.78 is 2.15. The molecular formula is C20H24N4O. The fraction of sp³-hybridized carbons (Fsp3) is 0.300. The monoisotopic (exact) mass is 336 g/mol. The summed E-state index contributed by atoms with van der Waals surface area (Å²) in [4.78, 5) is 16.2. The van der Waals surface area contributed by atoms with Gasteiger partial charge >= 0.3 is 0 Å². The number of benzene rings is 2. The molecule has 1 aromatic heterocycles. The maximum Gasteiger partial charge on any atom is 0.220 e. The third-order valence-corrected chi connectivity index (χ3v) is 4.22. The summed E-state index contributed by atoms with van der Waals surface area (Å²) in [5.74, 6) is 0.101. The number of fused-ring (bicyclic) bond motifs is 1. The number of nitrogens with zero attached hydrogens (tertiary/aromatic N) is 2. The average molecular weight is 336 g/mol. The van der Waals surface area contributed by atoms with E-state index < -0.39 is 0 Å². The van der Waals surface area contributed by atoms with Crippen molar-refractivity contribution in [2.24, 2.45) is 0 Å². The molecule has 0 saturated carbocycles. The van der Waals surface area contributed by atoms with Gasteiger partial charge < -0.3 is 15.2 Å². The molecule has 2 N–H and O–H groups in total. The molecule has 2 aromatic carbocycles. The highest BCUT2D eigenvalue weighted by Crippen LogP contribution is 2.14. The number of rotatable bonds is 8. The number of amides is 1. The molecule has 0 unspecified atom stereocenters. The van der Waals surface area contributed by atoms with Gasteiger partial charge in [0.2, 0.25) is 5.91 Å². The first-order chi connectivity index (χ1) is 12.3. The average Bonchev–Trinajstić information content (AvgIpc) is 3.04. The van der Waals surface area contributed by atoms with E-state index in [9.17, 15) is 4.79 Å². The molecule has 0 aliphatic rings. The van der Waals surface area contributed by atoms with Crippen molar-refractivity contribution in [3.63, 3.8) is 0 Å². The summed E-state index contributed by atoms with van der Waals surface area (Å²) >= 11 is 0. The van der Waals surface area contributed by atoms with Crippen LogP contribution in [0.4, 0.5) is 0 Å². The number of aromatic nitrogens is 2. The lowest BCUT2D eigenvalue weighted by atomic mass is 10.1. The van der Waals surface area contributed by atoms with Crippen LogP contribution in [0.5, 0.6) is 0 Å². The molecule has 1 amide bonds. The lowest BCUT2D eigenvalue weighted by Gasteiger charge is -2.08. The van der Waals surface area contributed by atoms with Gasteiger partial charge in [0.15, 0.2) is 0 Å². The SMILES string of the molecule is CNCCCC(=O)NCc1ccc(Cn2cnc3ccccc32)cc1. The zero-order valence-electron chi connectivity index (χ0n) is 14.5. The standard InChI is InChI=1S/C20H24N4O/c1-21-12-4-7-20(25)22-13-16-8-10-17(11-9-16)14-24-15-23-18-5-2-3-6-19(18)24/h2-3,5-6,8-11,15,21H,4,7,12-14H2,1H3,(H,22,25). The number of carbonyl (C=O) groups excluding carboxylic acids is 1. The molecule has 1 heterocycles. The smallest absolute Gasteiger partial charge is 0.220 e. The van der Waals surface area contributed by atoms with Crippen LogP contribution in [0.25, 0.3) is 11.0 Å². The molecular weight excluding hydrogens is 312 g/mol. The second-order valence-electron chi connectivity index (χ2n) is 6.16. The Kier molecular flexibility index (Phi) is 5.80. The van der Waals surface area contributed by atoms with E-state index in [1.807, 2.05) is 31.6 Å². The van der Waals surface area contributed by atoms with Crippen molar-refractivity contribution in [1.29, 1.82) is 0 Å². The predicted octanol–water partition coefficient (Wildman–Crippen LogP) is 2.70. The Morgan fingerprint density at radius 3 is 2.64 bits per heavy atom. The Hall–Kier alpha value is -2.66. The van der Waals surface area contributed by atoms with Gasteiger partial charge in [-0.3, -0.25) is 4.79 Å². The number of nitrogens with one attached hydrogen (secondary N) is 2. The maximum atomic E-state index is 11.7. The number of hydrogen-bond donors (Lipinski definition) is 2. The van der Waals surface area contributed by atoms with E-state index in [0.29, 0.717) is 13.0 Å². The summed E-state index contributed by atoms with van der Waals surface area (Å²) in [7, 11) is 1.89. The van der Waals surface area contributed by atoms with E-state index in [2.05, 4.69) is 50.5 Å². The highest BCUT2D eigenvalue weighted by atomic mass is 16.1. The first-order valence-electron chi connectivity index (χ1n) is 8.65. The van der Waals surface area contributed by atoms with Crippen LogP contribution in [0.1, 0.15) is 24.0 Å². The minimum Gasteiger partial charge on any atom is -0.352 e. The van der Waals surface area contributed by atoms with Gasteiger partial charge in [0.1, 0.15) is 0 Å². The Morgan fingerprint density at radius 1 is 1.08 bits per heavy atom. The molecule has 25 heavy (non-hydrogen) atoms. The third kappa shape index (κ3) is 4.67. The fourth-order valence-corrected chi connectivity index (χ4v) is 2.81. The predicted molar refractivity (Wildman–Crippen MR) is 100 cm³/mol. The molecule has 0 radical (unpaired) electrons. The molecule has 0 bridgehead atoms. The molecule has 3 rings (SSSR count). The van der Waals surface area contributed by atoms with Crippen LogP contribution >= 0.6 is 0 Å². The van der Waals surface area contributed by atoms with E-state index in [4.69, 9.17) is 0 Å². The van der Waals surface area contributed by atoms with E-state index in [1.165, 1.54) is 5.56 Å². The normalized spacial score (nSPS) is 10.9. The summed E-state index contributed by atoms with van der Waals surface area (Å²) in [6.45, 7) is 2.23. The quantitative estimate of drug-likeness (QED) is 0.622. The lowest BCUT2D eigenvalue weighted by molar-refractivity contribution is -0.121. The van der Waals surface area contributed by atoms with Gasteiger partial charge in [0, 0.05) is 19.5 Å². The number of para-hydroxylation sites is 2. The van der Waals surface area contributed by atoms with E-state index in [-0.39, 0.29) is 5.91 Å². The molecule has 0 saturated heterocycles. The summed E-state index contributed by atoms with van der Waals surface area (Å²) in [6.07, 6.45) is 3.30. The molecule has 130 valence electrons. The Bertz CT molecular complexity index is 823. The zero-order valence-corrected chi connectivity index (χ0v) is 14.5. The van der Waals surface area contributed by atoms with Gasteiger partial charge in [0.25, 0.3) is 0 Å². The van der Waals surface area contributed by atoms with Crippen molar-refractivity contribution < 1.29 is 4.79 Å². The van der Waals surface area contributed by atoms with E-state index >= 15 is 0 Å². The number of imidazole rings is 1. The van der Waals surface area contributed by atoms with Gasteiger partial charge in [-0.25, -0.2) is 4.98 Å². The van der Waals surface area contributed by atoms with Gasteiger partial charge in [-0.1, -0.05) is 36.4 Å². The maximum absolute atomic E-state index is 11.7.